The molecule has 3 N–H and O–H groups in total. The number of hydrogen-bond acceptors (Lipinski definition) is 3. The third kappa shape index (κ3) is 2.93. The molecule has 0 radical (unpaired) electrons. The van der Waals surface area contributed by atoms with Gasteiger partial charge in [0.2, 0.25) is 0 Å². The van der Waals surface area contributed by atoms with Crippen molar-refractivity contribution >= 4 is 11.6 Å². The maximum absolute atomic E-state index is 11.9. The number of hydrogen-bond donors (Lipinski definition) is 2. The van der Waals surface area contributed by atoms with Gasteiger partial charge in [0, 0.05) is 29.7 Å². The normalized spacial score (nSPS) is 11.9. The van der Waals surface area contributed by atoms with Crippen molar-refractivity contribution in [2.24, 2.45) is 5.73 Å². The Morgan fingerprint density at radius 1 is 1.17 bits per heavy atom. The summed E-state index contributed by atoms with van der Waals surface area (Å²) in [5.41, 5.74) is 8.10. The Kier molecular flexibility index (Phi) is 3.69. The van der Waals surface area contributed by atoms with Gasteiger partial charge in [0.25, 0.3) is 5.91 Å². The van der Waals surface area contributed by atoms with Crippen LogP contribution in [0, 0.1) is 0 Å². The van der Waals surface area contributed by atoms with Gasteiger partial charge in [0.15, 0.2) is 0 Å². The maximum atomic E-state index is 11.9. The first-order valence-electron chi connectivity index (χ1n) is 5.74. The van der Waals surface area contributed by atoms with Crippen molar-refractivity contribution in [1.29, 1.82) is 0 Å². The van der Waals surface area contributed by atoms with Crippen LogP contribution in [-0.4, -0.2) is 10.9 Å². The van der Waals surface area contributed by atoms with Crippen LogP contribution in [0.1, 0.15) is 28.9 Å². The van der Waals surface area contributed by atoms with Crippen molar-refractivity contribution in [1.82, 2.24) is 4.98 Å². The number of benzene rings is 1. The van der Waals surface area contributed by atoms with E-state index >= 15 is 0 Å². The van der Waals surface area contributed by atoms with Crippen molar-refractivity contribution in [2.45, 2.75) is 13.0 Å². The molecule has 0 fully saturated rings. The summed E-state index contributed by atoms with van der Waals surface area (Å²) in [6, 6.07) is 10.7. The predicted molar refractivity (Wildman–Crippen MR) is 71.2 cm³/mol. The number of nitrogens with zero attached hydrogens (tertiary/aromatic N) is 1. The van der Waals surface area contributed by atoms with E-state index in [4.69, 9.17) is 5.73 Å². The van der Waals surface area contributed by atoms with Crippen LogP contribution in [0.15, 0.2) is 48.8 Å². The van der Waals surface area contributed by atoms with Gasteiger partial charge in [-0.1, -0.05) is 12.1 Å². The smallest absolute Gasteiger partial charge is 0.255 e. The molecule has 2 aromatic rings. The molecule has 4 nitrogen and oxygen atoms in total. The van der Waals surface area contributed by atoms with E-state index in [1.54, 1.807) is 36.7 Å². The average Bonchev–Trinajstić information content (AvgIpc) is 2.40. The average molecular weight is 241 g/mol. The number of nitrogens with one attached hydrogen (secondary N) is 1. The first kappa shape index (κ1) is 12.3. The van der Waals surface area contributed by atoms with E-state index < -0.39 is 0 Å². The zero-order valence-electron chi connectivity index (χ0n) is 10.1. The SMILES string of the molecule is C[C@H](N)c1ccc(C(=O)Nc2ccncc2)cc1. The number of anilines is 1. The first-order chi connectivity index (χ1) is 8.66. The van der Waals surface area contributed by atoms with Gasteiger partial charge >= 0.3 is 0 Å². The summed E-state index contributed by atoms with van der Waals surface area (Å²) in [6.45, 7) is 1.91. The van der Waals surface area contributed by atoms with Crippen molar-refractivity contribution in [3.63, 3.8) is 0 Å². The molecule has 4 heteroatoms. The molecule has 1 amide bonds. The van der Waals surface area contributed by atoms with Crippen LogP contribution < -0.4 is 11.1 Å². The maximum Gasteiger partial charge on any atom is 0.255 e. The third-order valence-electron chi connectivity index (χ3n) is 2.64. The Morgan fingerprint density at radius 2 is 1.78 bits per heavy atom. The quantitative estimate of drug-likeness (QED) is 0.866. The van der Waals surface area contributed by atoms with Gasteiger partial charge in [-0.15, -0.1) is 0 Å². The molecule has 2 rings (SSSR count). The van der Waals surface area contributed by atoms with Crippen LogP contribution in [0.4, 0.5) is 5.69 Å². The minimum absolute atomic E-state index is 0.0256. The fourth-order valence-electron chi connectivity index (χ4n) is 1.58. The highest BCUT2D eigenvalue weighted by molar-refractivity contribution is 6.04. The Balaban J connectivity index is 2.10. The molecule has 92 valence electrons. The van der Waals surface area contributed by atoms with Crippen LogP contribution in [-0.2, 0) is 0 Å². The summed E-state index contributed by atoms with van der Waals surface area (Å²) in [4.78, 5) is 15.8. The lowest BCUT2D eigenvalue weighted by molar-refractivity contribution is 0.102. The summed E-state index contributed by atoms with van der Waals surface area (Å²) in [6.07, 6.45) is 3.27. The molecule has 1 aromatic carbocycles. The molecule has 0 spiro atoms. The predicted octanol–water partition coefficient (Wildman–Crippen LogP) is 2.35. The first-order valence-corrected chi connectivity index (χ1v) is 5.74. The van der Waals surface area contributed by atoms with E-state index in [0.29, 0.717) is 5.56 Å². The molecule has 0 aliphatic heterocycles. The van der Waals surface area contributed by atoms with Gasteiger partial charge in [-0.2, -0.15) is 0 Å². The van der Waals surface area contributed by atoms with E-state index in [1.807, 2.05) is 19.1 Å². The number of carbonyl (C=O) groups excluding carboxylic acids is 1. The molecule has 1 heterocycles. The van der Waals surface area contributed by atoms with Crippen molar-refractivity contribution in [3.05, 3.63) is 59.9 Å². The molecule has 0 aliphatic carbocycles. The highest BCUT2D eigenvalue weighted by atomic mass is 16.1. The lowest BCUT2D eigenvalue weighted by Crippen LogP contribution is -2.12. The second-order valence-electron chi connectivity index (χ2n) is 4.10. The molecule has 0 saturated heterocycles. The zero-order chi connectivity index (χ0) is 13.0. The fraction of sp³-hybridized carbons (Fsp3) is 0.143. The second-order valence-corrected chi connectivity index (χ2v) is 4.10. The van der Waals surface area contributed by atoms with Crippen LogP contribution in [0.2, 0.25) is 0 Å². The van der Waals surface area contributed by atoms with E-state index in [1.165, 1.54) is 0 Å². The topological polar surface area (TPSA) is 68.0 Å². The Labute approximate surface area is 106 Å². The Morgan fingerprint density at radius 3 is 2.33 bits per heavy atom. The lowest BCUT2D eigenvalue weighted by Gasteiger charge is -2.07. The van der Waals surface area contributed by atoms with Crippen molar-refractivity contribution in [3.8, 4) is 0 Å². The number of carbonyl (C=O) groups is 1. The van der Waals surface area contributed by atoms with Gasteiger partial charge in [0.05, 0.1) is 0 Å². The molecule has 0 saturated carbocycles. The summed E-state index contributed by atoms with van der Waals surface area (Å²) >= 11 is 0. The van der Waals surface area contributed by atoms with Gasteiger partial charge in [0.1, 0.15) is 0 Å². The summed E-state index contributed by atoms with van der Waals surface area (Å²) < 4.78 is 0. The Bertz CT molecular complexity index is 520. The van der Waals surface area contributed by atoms with Crippen molar-refractivity contribution in [2.75, 3.05) is 5.32 Å². The minimum atomic E-state index is -0.141. The Hall–Kier alpha value is -2.20. The second kappa shape index (κ2) is 5.42. The van der Waals surface area contributed by atoms with Crippen molar-refractivity contribution < 1.29 is 4.79 Å². The van der Waals surface area contributed by atoms with Gasteiger partial charge < -0.3 is 11.1 Å². The lowest BCUT2D eigenvalue weighted by atomic mass is 10.1. The monoisotopic (exact) mass is 241 g/mol. The van der Waals surface area contributed by atoms with E-state index in [-0.39, 0.29) is 11.9 Å². The van der Waals surface area contributed by atoms with Crippen LogP contribution in [0.5, 0.6) is 0 Å². The summed E-state index contributed by atoms with van der Waals surface area (Å²) in [7, 11) is 0. The number of rotatable bonds is 3. The highest BCUT2D eigenvalue weighted by Gasteiger charge is 2.06. The summed E-state index contributed by atoms with van der Waals surface area (Å²) in [5, 5.41) is 2.80. The fourth-order valence-corrected chi connectivity index (χ4v) is 1.58. The molecule has 1 atom stereocenters. The standard InChI is InChI=1S/C14H15N3O/c1-10(15)11-2-4-12(5-3-11)14(18)17-13-6-8-16-9-7-13/h2-10H,15H2,1H3,(H,16,17,18)/t10-/m0/s1. The van der Waals surface area contributed by atoms with Crippen LogP contribution in [0.25, 0.3) is 0 Å². The molecular weight excluding hydrogens is 226 g/mol. The van der Waals surface area contributed by atoms with E-state index in [0.717, 1.165) is 11.3 Å². The minimum Gasteiger partial charge on any atom is -0.324 e. The zero-order valence-corrected chi connectivity index (χ0v) is 10.1. The number of pyridine rings is 1. The van der Waals surface area contributed by atoms with Crippen LogP contribution >= 0.6 is 0 Å². The van der Waals surface area contributed by atoms with Gasteiger partial charge in [-0.25, -0.2) is 0 Å². The van der Waals surface area contributed by atoms with Crippen LogP contribution in [0.3, 0.4) is 0 Å². The number of nitrogens with two attached hydrogens (primary N) is 1. The summed E-state index contributed by atoms with van der Waals surface area (Å²) in [5.74, 6) is -0.141. The molecule has 1 aromatic heterocycles. The molecular formula is C14H15N3O. The number of amides is 1. The van der Waals surface area contributed by atoms with Gasteiger partial charge in [-0.05, 0) is 36.8 Å². The molecule has 0 bridgehead atoms. The van der Waals surface area contributed by atoms with E-state index in [9.17, 15) is 4.79 Å². The van der Waals surface area contributed by atoms with E-state index in [2.05, 4.69) is 10.3 Å². The molecule has 0 unspecified atom stereocenters. The van der Waals surface area contributed by atoms with Gasteiger partial charge in [-0.3, -0.25) is 9.78 Å². The third-order valence-corrected chi connectivity index (χ3v) is 2.64. The molecule has 0 aliphatic rings. The number of aromatic nitrogens is 1. The largest absolute Gasteiger partial charge is 0.324 e. The highest BCUT2D eigenvalue weighted by Crippen LogP contribution is 2.12. The molecule has 18 heavy (non-hydrogen) atoms.